The minimum atomic E-state index is -0.942. The average molecular weight is 591 g/mol. The number of Topliss-reactive ketones (excluding diaryl/α,β-unsaturated/α-hetero) is 2. The molecule has 0 fully saturated rings. The maximum atomic E-state index is 12.0. The highest BCUT2D eigenvalue weighted by Gasteiger charge is 2.24. The van der Waals surface area contributed by atoms with Crippen LogP contribution in [0, 0.1) is 20.2 Å². The molecule has 15 nitrogen and oxygen atoms in total. The maximum Gasteiger partial charge on any atom is 0.345 e. The third-order valence-electron chi connectivity index (χ3n) is 5.16. The summed E-state index contributed by atoms with van der Waals surface area (Å²) < 4.78 is 5.04. The van der Waals surface area contributed by atoms with E-state index in [1.807, 2.05) is 0 Å². The number of nitro groups is 2. The highest BCUT2D eigenvalue weighted by molar-refractivity contribution is 6.00. The number of esters is 1. The van der Waals surface area contributed by atoms with Gasteiger partial charge in [0.05, 0.1) is 32.1 Å². The van der Waals surface area contributed by atoms with E-state index in [4.69, 9.17) is 9.84 Å². The largest absolute Gasteiger partial charge is 0.502 e. The minimum Gasteiger partial charge on any atom is -0.502 e. The first-order valence-electron chi connectivity index (χ1n) is 11.9. The number of carbonyl (C=O) groups is 4. The predicted octanol–water partition coefficient (Wildman–Crippen LogP) is 4.69. The highest BCUT2D eigenvalue weighted by Crippen LogP contribution is 2.32. The molecule has 0 aliphatic heterocycles. The number of carboxylic acids is 1. The van der Waals surface area contributed by atoms with Gasteiger partial charge >= 0.3 is 23.3 Å². The maximum absolute atomic E-state index is 12.0. The Morgan fingerprint density at radius 3 is 1.63 bits per heavy atom. The van der Waals surface area contributed by atoms with Gasteiger partial charge in [-0.2, -0.15) is 0 Å². The molecule has 0 saturated carbocycles. The summed E-state index contributed by atoms with van der Waals surface area (Å²) in [5, 5.41) is 38.9. The normalized spacial score (nSPS) is 9.63. The Kier molecular flexibility index (Phi) is 11.8. The number of nitro benzene ring substituents is 2. The van der Waals surface area contributed by atoms with Crippen LogP contribution in [0.2, 0.25) is 0 Å². The van der Waals surface area contributed by atoms with Crippen molar-refractivity contribution in [3.8, 4) is 11.5 Å². The standard InChI is InChI=1S/C14H10N2O5.C8H7NO4.C6H5NO2/c1-9(17)11-5-2-6-12(16(19)20)13(11)21-14(18)10-4-3-7-15-8-10;1-5(10)6-3-2-4-7(8(6)11)9(12)13;8-6(9)5-2-1-3-7-4-5/h2-8H,1H3;2-4,11H,1H3;1-4H,(H,8,9). The number of carboxylic acid groups (broad SMARTS) is 1. The van der Waals surface area contributed by atoms with Crippen LogP contribution in [0.1, 0.15) is 55.3 Å². The second kappa shape index (κ2) is 15.4. The van der Waals surface area contributed by atoms with Gasteiger partial charge in [-0.1, -0.05) is 12.1 Å². The van der Waals surface area contributed by atoms with Crippen LogP contribution >= 0.6 is 0 Å². The zero-order valence-corrected chi connectivity index (χ0v) is 22.4. The summed E-state index contributed by atoms with van der Waals surface area (Å²) in [4.78, 5) is 71.8. The van der Waals surface area contributed by atoms with E-state index in [1.165, 1.54) is 81.1 Å². The van der Waals surface area contributed by atoms with Crippen molar-refractivity contribution in [1.29, 1.82) is 0 Å². The van der Waals surface area contributed by atoms with Gasteiger partial charge in [0.25, 0.3) is 0 Å². The molecular weight excluding hydrogens is 568 g/mol. The van der Waals surface area contributed by atoms with E-state index in [0.29, 0.717) is 0 Å². The number of rotatable bonds is 7. The predicted molar refractivity (Wildman–Crippen MR) is 148 cm³/mol. The van der Waals surface area contributed by atoms with Crippen molar-refractivity contribution in [2.75, 3.05) is 0 Å². The van der Waals surface area contributed by atoms with E-state index in [0.717, 1.165) is 12.1 Å². The summed E-state index contributed by atoms with van der Waals surface area (Å²) in [5.41, 5.74) is -0.606. The number of phenols is 1. The average Bonchev–Trinajstić information content (AvgIpc) is 2.98. The summed E-state index contributed by atoms with van der Waals surface area (Å²) >= 11 is 0. The number of carbonyl (C=O) groups excluding carboxylic acids is 3. The Bertz CT molecular complexity index is 1600. The van der Waals surface area contributed by atoms with Crippen LogP contribution in [0.5, 0.6) is 11.5 Å². The molecule has 0 bridgehead atoms. The molecule has 0 aliphatic carbocycles. The van der Waals surface area contributed by atoms with Crippen molar-refractivity contribution in [2.24, 2.45) is 0 Å². The van der Waals surface area contributed by atoms with E-state index in [-0.39, 0.29) is 28.0 Å². The zero-order chi connectivity index (χ0) is 32.1. The van der Waals surface area contributed by atoms with Gasteiger partial charge in [-0.25, -0.2) is 9.59 Å². The van der Waals surface area contributed by atoms with Gasteiger partial charge in [0.15, 0.2) is 11.6 Å². The van der Waals surface area contributed by atoms with Crippen LogP contribution in [0.15, 0.2) is 85.5 Å². The van der Waals surface area contributed by atoms with Crippen LogP contribution in [0.25, 0.3) is 0 Å². The zero-order valence-electron chi connectivity index (χ0n) is 22.4. The molecular formula is C28H22N4O11. The van der Waals surface area contributed by atoms with Crippen LogP contribution in [-0.2, 0) is 0 Å². The Balaban J connectivity index is 0.000000249. The summed E-state index contributed by atoms with van der Waals surface area (Å²) in [5.74, 6) is -3.53. The fraction of sp³-hybridized carbons (Fsp3) is 0.0714. The molecule has 43 heavy (non-hydrogen) atoms. The van der Waals surface area contributed by atoms with E-state index < -0.39 is 50.5 Å². The van der Waals surface area contributed by atoms with Crippen molar-refractivity contribution < 1.29 is 44.0 Å². The van der Waals surface area contributed by atoms with Crippen molar-refractivity contribution >= 4 is 34.9 Å². The molecule has 4 rings (SSSR count). The van der Waals surface area contributed by atoms with E-state index in [2.05, 4.69) is 9.97 Å². The molecule has 0 aliphatic rings. The Labute approximate surface area is 242 Å². The first-order valence-corrected chi connectivity index (χ1v) is 11.9. The number of benzene rings is 2. The highest BCUT2D eigenvalue weighted by atomic mass is 16.6. The number of phenolic OH excluding ortho intramolecular Hbond substituents is 1. The molecule has 2 heterocycles. The number of hydrogen-bond donors (Lipinski definition) is 2. The molecule has 0 spiro atoms. The van der Waals surface area contributed by atoms with Gasteiger partial charge < -0.3 is 14.9 Å². The van der Waals surface area contributed by atoms with Crippen LogP contribution in [-0.4, -0.2) is 53.5 Å². The number of aromatic hydroxyl groups is 1. The third-order valence-corrected chi connectivity index (χ3v) is 5.16. The molecule has 0 amide bonds. The summed E-state index contributed by atoms with van der Waals surface area (Å²) in [6, 6.07) is 13.8. The lowest BCUT2D eigenvalue weighted by atomic mass is 10.1. The van der Waals surface area contributed by atoms with E-state index in [1.54, 1.807) is 6.07 Å². The molecule has 0 radical (unpaired) electrons. The lowest BCUT2D eigenvalue weighted by molar-refractivity contribution is -0.385. The molecule has 2 aromatic carbocycles. The minimum absolute atomic E-state index is 0.0264. The lowest BCUT2D eigenvalue weighted by Crippen LogP contribution is -2.12. The number of aromatic carboxylic acids is 1. The first kappa shape index (κ1) is 32.8. The van der Waals surface area contributed by atoms with Gasteiger partial charge in [-0.15, -0.1) is 0 Å². The first-order chi connectivity index (χ1) is 20.3. The SMILES string of the molecule is CC(=O)c1cccc([N+](=O)[O-])c1O.CC(=O)c1cccc([N+](=O)[O-])c1OC(=O)c1cccnc1.O=C(O)c1cccnc1. The fourth-order valence-corrected chi connectivity index (χ4v) is 3.14. The molecule has 15 heteroatoms. The molecule has 220 valence electrons. The number of ketones is 2. The van der Waals surface area contributed by atoms with Crippen LogP contribution in [0.4, 0.5) is 11.4 Å². The Morgan fingerprint density at radius 2 is 1.21 bits per heavy atom. The monoisotopic (exact) mass is 590 g/mol. The third kappa shape index (κ3) is 9.35. The van der Waals surface area contributed by atoms with Crippen molar-refractivity contribution in [3.05, 3.63) is 128 Å². The molecule has 2 N–H and O–H groups in total. The van der Waals surface area contributed by atoms with Crippen molar-refractivity contribution in [3.63, 3.8) is 0 Å². The van der Waals surface area contributed by atoms with Gasteiger partial charge in [-0.05, 0) is 50.2 Å². The molecule has 0 unspecified atom stereocenters. The van der Waals surface area contributed by atoms with Crippen LogP contribution in [0.3, 0.4) is 0 Å². The Morgan fingerprint density at radius 1 is 0.721 bits per heavy atom. The van der Waals surface area contributed by atoms with Gasteiger partial charge in [0.2, 0.25) is 11.5 Å². The smallest absolute Gasteiger partial charge is 0.345 e. The number of pyridine rings is 2. The number of ether oxygens (including phenoxy) is 1. The van der Waals surface area contributed by atoms with Crippen LogP contribution < -0.4 is 4.74 Å². The summed E-state index contributed by atoms with van der Waals surface area (Å²) in [7, 11) is 0. The van der Waals surface area contributed by atoms with E-state index in [9.17, 15) is 44.5 Å². The second-order valence-corrected chi connectivity index (χ2v) is 8.13. The van der Waals surface area contributed by atoms with Gasteiger partial charge in [0.1, 0.15) is 0 Å². The van der Waals surface area contributed by atoms with Crippen molar-refractivity contribution in [2.45, 2.75) is 13.8 Å². The number of para-hydroxylation sites is 2. The van der Waals surface area contributed by atoms with Crippen molar-refractivity contribution in [1.82, 2.24) is 9.97 Å². The molecule has 4 aromatic rings. The second-order valence-electron chi connectivity index (χ2n) is 8.13. The number of aromatic nitrogens is 2. The summed E-state index contributed by atoms with van der Waals surface area (Å²) in [6.07, 6.45) is 5.59. The topological polar surface area (TPSA) is 230 Å². The fourth-order valence-electron chi connectivity index (χ4n) is 3.14. The van der Waals surface area contributed by atoms with Gasteiger partial charge in [-0.3, -0.25) is 39.8 Å². The quantitative estimate of drug-likeness (QED) is 0.0978. The molecule has 0 saturated heterocycles. The van der Waals surface area contributed by atoms with Gasteiger partial charge in [0, 0.05) is 36.9 Å². The molecule has 0 atom stereocenters. The summed E-state index contributed by atoms with van der Waals surface area (Å²) in [6.45, 7) is 2.47. The molecule has 2 aromatic heterocycles. The lowest BCUT2D eigenvalue weighted by Gasteiger charge is -2.08. The number of hydrogen-bond acceptors (Lipinski definition) is 12. The van der Waals surface area contributed by atoms with E-state index >= 15 is 0 Å². The number of nitrogens with zero attached hydrogens (tertiary/aromatic N) is 4. The Hall–Kier alpha value is -6.38.